The lowest BCUT2D eigenvalue weighted by molar-refractivity contribution is -0.929. The molecule has 2 aromatic carbocycles. The fourth-order valence-corrected chi connectivity index (χ4v) is 5.81. The summed E-state index contributed by atoms with van der Waals surface area (Å²) in [5, 5.41) is 0.841. The molecule has 4 nitrogen and oxygen atoms in total. The van der Waals surface area contributed by atoms with Crippen molar-refractivity contribution in [2.45, 2.75) is 26.1 Å². The maximum atomic E-state index is 13.3. The lowest BCUT2D eigenvalue weighted by Gasteiger charge is -2.23. The van der Waals surface area contributed by atoms with Crippen molar-refractivity contribution in [3.05, 3.63) is 97.4 Å². The van der Waals surface area contributed by atoms with E-state index in [0.29, 0.717) is 11.3 Å². The Balaban J connectivity index is 1.50. The van der Waals surface area contributed by atoms with Gasteiger partial charge in [0.25, 0.3) is 5.56 Å². The van der Waals surface area contributed by atoms with Gasteiger partial charge in [-0.3, -0.25) is 9.36 Å². The first-order valence-electron chi connectivity index (χ1n) is 9.88. The second-order valence-corrected chi connectivity index (χ2v) is 9.10. The third-order valence-electron chi connectivity index (χ3n) is 5.63. The number of fused-ring (bicyclic) bond motifs is 3. The van der Waals surface area contributed by atoms with Crippen molar-refractivity contribution < 1.29 is 4.90 Å². The number of quaternary nitrogens is 1. The highest BCUT2D eigenvalue weighted by Crippen LogP contribution is 2.29. The van der Waals surface area contributed by atoms with Gasteiger partial charge in [-0.2, -0.15) is 0 Å². The Labute approximate surface area is 178 Å². The molecule has 2 aromatic heterocycles. The zero-order chi connectivity index (χ0) is 19.8. The van der Waals surface area contributed by atoms with Gasteiger partial charge in [-0.25, -0.2) is 0 Å². The number of thiophene rings is 1. The summed E-state index contributed by atoms with van der Waals surface area (Å²) in [5.41, 5.74) is 3.70. The summed E-state index contributed by atoms with van der Waals surface area (Å²) in [5.74, 6) is 0. The van der Waals surface area contributed by atoms with E-state index in [0.717, 1.165) is 41.8 Å². The normalized spacial score (nSPS) is 16.1. The van der Waals surface area contributed by atoms with Crippen molar-refractivity contribution >= 4 is 33.8 Å². The van der Waals surface area contributed by atoms with Crippen molar-refractivity contribution in [3.8, 4) is 0 Å². The van der Waals surface area contributed by atoms with Crippen molar-refractivity contribution in [3.63, 3.8) is 0 Å². The molecule has 4 aromatic rings. The molecule has 1 atom stereocenters. The summed E-state index contributed by atoms with van der Waals surface area (Å²) in [6, 6.07) is 20.6. The first-order valence-corrected chi connectivity index (χ1v) is 11.1. The molecule has 3 heterocycles. The van der Waals surface area contributed by atoms with E-state index >= 15 is 0 Å². The maximum absolute atomic E-state index is 13.3. The standard InChI is InChI=1S/C23H21N3OS2/c27-22-20-18-11-12-25(13-16-7-3-1-4-8-16)15-19(18)29-21(20)24-23(28)26(22)14-17-9-5-2-6-10-17/h1-10H,11-15H2,(H,24,28)/p+1. The van der Waals surface area contributed by atoms with Crippen molar-refractivity contribution in [1.82, 2.24) is 9.55 Å². The molecular weight excluding hydrogens is 398 g/mol. The number of aromatic amines is 1. The lowest BCUT2D eigenvalue weighted by Crippen LogP contribution is -3.10. The van der Waals surface area contributed by atoms with E-state index in [2.05, 4.69) is 35.3 Å². The molecule has 0 fully saturated rings. The largest absolute Gasteiger partial charge is 0.326 e. The molecule has 29 heavy (non-hydrogen) atoms. The minimum absolute atomic E-state index is 0.0385. The smallest absolute Gasteiger partial charge is 0.263 e. The van der Waals surface area contributed by atoms with Gasteiger partial charge >= 0.3 is 0 Å². The second kappa shape index (κ2) is 7.71. The van der Waals surface area contributed by atoms with Crippen LogP contribution in [-0.4, -0.2) is 16.1 Å². The summed E-state index contributed by atoms with van der Waals surface area (Å²) >= 11 is 7.23. The van der Waals surface area contributed by atoms with E-state index in [-0.39, 0.29) is 5.56 Å². The van der Waals surface area contributed by atoms with Gasteiger partial charge in [-0.15, -0.1) is 11.3 Å². The Hall–Kier alpha value is -2.54. The van der Waals surface area contributed by atoms with Crippen LogP contribution in [0.5, 0.6) is 0 Å². The molecule has 5 rings (SSSR count). The first-order chi connectivity index (χ1) is 14.2. The molecule has 0 bridgehead atoms. The third kappa shape index (κ3) is 3.59. The number of hydrogen-bond acceptors (Lipinski definition) is 3. The summed E-state index contributed by atoms with van der Waals surface area (Å²) in [7, 11) is 0. The summed E-state index contributed by atoms with van der Waals surface area (Å²) < 4.78 is 2.20. The molecule has 0 saturated heterocycles. The number of H-pyrrole nitrogens is 1. The van der Waals surface area contributed by atoms with E-state index in [1.165, 1.54) is 16.0 Å². The van der Waals surface area contributed by atoms with Gasteiger partial charge in [-0.1, -0.05) is 60.7 Å². The van der Waals surface area contributed by atoms with Crippen LogP contribution in [-0.2, 0) is 26.1 Å². The molecule has 1 aliphatic heterocycles. The van der Waals surface area contributed by atoms with Crippen LogP contribution in [0.2, 0.25) is 0 Å². The predicted octanol–water partition coefficient (Wildman–Crippen LogP) is 3.31. The Kier molecular flexibility index (Phi) is 4.91. The topological polar surface area (TPSA) is 42.2 Å². The second-order valence-electron chi connectivity index (χ2n) is 7.60. The average Bonchev–Trinajstić information content (AvgIpc) is 3.10. The predicted molar refractivity (Wildman–Crippen MR) is 120 cm³/mol. The minimum Gasteiger partial charge on any atom is -0.326 e. The van der Waals surface area contributed by atoms with Gasteiger partial charge in [0.15, 0.2) is 4.77 Å². The van der Waals surface area contributed by atoms with E-state index < -0.39 is 0 Å². The monoisotopic (exact) mass is 420 g/mol. The molecule has 0 aliphatic carbocycles. The molecule has 6 heteroatoms. The van der Waals surface area contributed by atoms with Gasteiger partial charge in [-0.05, 0) is 23.3 Å². The van der Waals surface area contributed by atoms with Crippen LogP contribution in [0.4, 0.5) is 0 Å². The maximum Gasteiger partial charge on any atom is 0.263 e. The zero-order valence-electron chi connectivity index (χ0n) is 16.0. The Morgan fingerprint density at radius 1 is 1.03 bits per heavy atom. The number of rotatable bonds is 4. The zero-order valence-corrected chi connectivity index (χ0v) is 17.6. The van der Waals surface area contributed by atoms with E-state index in [4.69, 9.17) is 12.2 Å². The Morgan fingerprint density at radius 2 is 1.72 bits per heavy atom. The van der Waals surface area contributed by atoms with Crippen LogP contribution >= 0.6 is 23.6 Å². The SMILES string of the molecule is O=c1c2c3c(sc2[nH]c(=S)n1Cc1ccccc1)C[NH+](Cc1ccccc1)CC3. The van der Waals surface area contributed by atoms with Gasteiger partial charge in [0.1, 0.15) is 17.9 Å². The molecule has 146 valence electrons. The van der Waals surface area contributed by atoms with Crippen molar-refractivity contribution in [2.24, 2.45) is 0 Å². The highest BCUT2D eigenvalue weighted by Gasteiger charge is 2.26. The number of nitrogens with zero attached hydrogens (tertiary/aromatic N) is 1. The van der Waals surface area contributed by atoms with Crippen LogP contribution in [0, 0.1) is 4.77 Å². The molecular formula is C23H22N3OS2+. The van der Waals surface area contributed by atoms with Crippen molar-refractivity contribution in [1.29, 1.82) is 0 Å². The average molecular weight is 421 g/mol. The molecule has 2 N–H and O–H groups in total. The molecule has 0 spiro atoms. The number of aromatic nitrogens is 2. The highest BCUT2D eigenvalue weighted by atomic mass is 32.1. The minimum atomic E-state index is 0.0385. The summed E-state index contributed by atoms with van der Waals surface area (Å²) in [6.07, 6.45) is 0.933. The number of benzene rings is 2. The van der Waals surface area contributed by atoms with E-state index in [1.54, 1.807) is 20.8 Å². The van der Waals surface area contributed by atoms with Gasteiger partial charge in [0.2, 0.25) is 0 Å². The van der Waals surface area contributed by atoms with Gasteiger partial charge in [0, 0.05) is 12.0 Å². The molecule has 1 unspecified atom stereocenters. The lowest BCUT2D eigenvalue weighted by atomic mass is 10.0. The molecule has 0 saturated carbocycles. The number of nitrogens with one attached hydrogen (secondary N) is 2. The van der Waals surface area contributed by atoms with E-state index in [1.807, 2.05) is 30.3 Å². The fourth-order valence-electron chi connectivity index (χ4n) is 4.19. The first kappa shape index (κ1) is 18.5. The Bertz CT molecular complexity index is 1270. The van der Waals surface area contributed by atoms with Crippen LogP contribution < -0.4 is 10.5 Å². The van der Waals surface area contributed by atoms with Gasteiger partial charge in [0.05, 0.1) is 23.4 Å². The quantitative estimate of drug-likeness (QED) is 0.498. The summed E-state index contributed by atoms with van der Waals surface area (Å²) in [6.45, 7) is 3.52. The van der Waals surface area contributed by atoms with Crippen LogP contribution in [0.1, 0.15) is 21.6 Å². The summed E-state index contributed by atoms with van der Waals surface area (Å²) in [4.78, 5) is 20.4. The van der Waals surface area contributed by atoms with Gasteiger partial charge < -0.3 is 9.88 Å². The molecule has 0 amide bonds. The van der Waals surface area contributed by atoms with Crippen LogP contribution in [0.25, 0.3) is 10.2 Å². The number of hydrogen-bond donors (Lipinski definition) is 2. The highest BCUT2D eigenvalue weighted by molar-refractivity contribution is 7.71. The molecule has 1 aliphatic rings. The van der Waals surface area contributed by atoms with Crippen LogP contribution in [0.3, 0.4) is 0 Å². The molecule has 0 radical (unpaired) electrons. The van der Waals surface area contributed by atoms with Crippen molar-refractivity contribution in [2.75, 3.05) is 6.54 Å². The van der Waals surface area contributed by atoms with Crippen LogP contribution in [0.15, 0.2) is 65.5 Å². The third-order valence-corrected chi connectivity index (χ3v) is 7.10. The Morgan fingerprint density at radius 3 is 2.45 bits per heavy atom. The van der Waals surface area contributed by atoms with E-state index in [9.17, 15) is 4.79 Å². The fraction of sp³-hybridized carbons (Fsp3) is 0.217.